The second kappa shape index (κ2) is 12.2. The van der Waals surface area contributed by atoms with Crippen LogP contribution in [0.1, 0.15) is 57.9 Å². The molecule has 1 amide bonds. The highest BCUT2D eigenvalue weighted by atomic mass is 32.1. The summed E-state index contributed by atoms with van der Waals surface area (Å²) in [4.78, 5) is 42.7. The Kier molecular flexibility index (Phi) is 8.99. The Morgan fingerprint density at radius 2 is 1.86 bits per heavy atom. The van der Waals surface area contributed by atoms with Gasteiger partial charge in [-0.2, -0.15) is 10.2 Å². The molecule has 226 valence electrons. The molecule has 0 aliphatic heterocycles. The van der Waals surface area contributed by atoms with Crippen molar-refractivity contribution in [1.82, 2.24) is 29.4 Å². The first-order chi connectivity index (χ1) is 19.7. The first-order valence-corrected chi connectivity index (χ1v) is 14.2. The molecule has 1 aromatic carbocycles. The van der Waals surface area contributed by atoms with E-state index in [4.69, 9.17) is 9.47 Å². The number of hydrogen-bond donors (Lipinski definition) is 2. The predicted octanol–water partition coefficient (Wildman–Crippen LogP) is 2.88. The Bertz CT molecular complexity index is 1700. The quantitative estimate of drug-likeness (QED) is 0.267. The highest BCUT2D eigenvalue weighted by molar-refractivity contribution is 7.21. The lowest BCUT2D eigenvalue weighted by Crippen LogP contribution is -2.47. The van der Waals surface area contributed by atoms with Gasteiger partial charge in [0.15, 0.2) is 0 Å². The van der Waals surface area contributed by atoms with Crippen molar-refractivity contribution in [2.24, 2.45) is 0 Å². The number of hydrogen-bond acceptors (Lipinski definition) is 9. The number of nitrogens with one attached hydrogen (secondary N) is 1. The van der Waals surface area contributed by atoms with E-state index in [1.165, 1.54) is 54.0 Å². The number of aliphatic hydroxyl groups is 1. The van der Waals surface area contributed by atoms with Gasteiger partial charge in [0.25, 0.3) is 5.56 Å². The van der Waals surface area contributed by atoms with Crippen LogP contribution in [0.3, 0.4) is 0 Å². The molecule has 2 atom stereocenters. The third-order valence-corrected chi connectivity index (χ3v) is 7.82. The molecule has 3 heterocycles. The van der Waals surface area contributed by atoms with Crippen molar-refractivity contribution in [2.45, 2.75) is 71.9 Å². The Morgan fingerprint density at radius 3 is 2.45 bits per heavy atom. The van der Waals surface area contributed by atoms with Crippen LogP contribution in [0.15, 0.2) is 40.2 Å². The molecular weight excluding hydrogens is 567 g/mol. The summed E-state index contributed by atoms with van der Waals surface area (Å²) >= 11 is 1.13. The van der Waals surface area contributed by atoms with Gasteiger partial charge >= 0.3 is 5.69 Å². The molecule has 0 unspecified atom stereocenters. The zero-order valence-corrected chi connectivity index (χ0v) is 25.4. The molecule has 2 N–H and O–H groups in total. The minimum Gasteiger partial charge on any atom is -0.496 e. The molecule has 4 rings (SSSR count). The largest absolute Gasteiger partial charge is 0.496 e. The number of rotatable bonds is 11. The van der Waals surface area contributed by atoms with Gasteiger partial charge in [-0.05, 0) is 59.7 Å². The Balaban J connectivity index is 2.00. The summed E-state index contributed by atoms with van der Waals surface area (Å²) < 4.78 is 28.3. The van der Waals surface area contributed by atoms with Crippen LogP contribution in [-0.4, -0.2) is 60.5 Å². The smallest absolute Gasteiger partial charge is 0.332 e. The van der Waals surface area contributed by atoms with Crippen molar-refractivity contribution < 1.29 is 23.8 Å². The first-order valence-electron chi connectivity index (χ1n) is 13.4. The minimum absolute atomic E-state index is 0.159. The number of nitrogens with zero attached hydrogens (tertiary/aromatic N) is 5. The summed E-state index contributed by atoms with van der Waals surface area (Å²) in [5.41, 5.74) is -1.82. The van der Waals surface area contributed by atoms with Crippen molar-refractivity contribution in [3.8, 4) is 10.8 Å². The van der Waals surface area contributed by atoms with Gasteiger partial charge in [0.2, 0.25) is 5.91 Å². The Morgan fingerprint density at radius 1 is 1.19 bits per heavy atom. The van der Waals surface area contributed by atoms with Crippen LogP contribution in [0.2, 0.25) is 0 Å². The van der Waals surface area contributed by atoms with Gasteiger partial charge in [0.1, 0.15) is 33.5 Å². The van der Waals surface area contributed by atoms with Gasteiger partial charge in [-0.1, -0.05) is 11.3 Å². The fraction of sp³-hybridized carbons (Fsp3) is 0.464. The van der Waals surface area contributed by atoms with Crippen LogP contribution < -0.4 is 21.3 Å². The fourth-order valence-corrected chi connectivity index (χ4v) is 5.78. The standard InChI is InChI=1S/C28H35FN6O6S/c1-15(2)32-23(36)17(4)34-24(37)22-16(3)25(35-30-10-11-31-35)42-26(22)33(27(34)38)13-21(41-14-28(5,6)39)19-12-18(29)8-9-20(19)40-7/h8-12,15,17,21,39H,13-14H2,1-7H3,(H,32,36)/t17-,21+/m1/s1. The minimum atomic E-state index is -1.25. The van der Waals surface area contributed by atoms with Crippen LogP contribution in [0, 0.1) is 12.7 Å². The maximum absolute atomic E-state index is 14.5. The summed E-state index contributed by atoms with van der Waals surface area (Å²) in [6, 6.07) is 2.56. The van der Waals surface area contributed by atoms with Crippen molar-refractivity contribution in [3.05, 3.63) is 68.4 Å². The third kappa shape index (κ3) is 6.30. The topological polar surface area (TPSA) is 142 Å². The van der Waals surface area contributed by atoms with Crippen LogP contribution in [-0.2, 0) is 16.1 Å². The van der Waals surface area contributed by atoms with E-state index in [0.29, 0.717) is 26.7 Å². The molecule has 12 nitrogen and oxygen atoms in total. The highest BCUT2D eigenvalue weighted by Crippen LogP contribution is 2.34. The van der Waals surface area contributed by atoms with Crippen LogP contribution in [0.5, 0.6) is 5.75 Å². The zero-order chi connectivity index (χ0) is 30.9. The van der Waals surface area contributed by atoms with Gasteiger partial charge in [-0.3, -0.25) is 14.2 Å². The molecule has 0 aliphatic carbocycles. The van der Waals surface area contributed by atoms with Gasteiger partial charge in [0, 0.05) is 17.2 Å². The van der Waals surface area contributed by atoms with Gasteiger partial charge < -0.3 is 19.9 Å². The van der Waals surface area contributed by atoms with E-state index in [9.17, 15) is 23.9 Å². The second-order valence-corrected chi connectivity index (χ2v) is 11.9. The van der Waals surface area contributed by atoms with Crippen LogP contribution in [0.4, 0.5) is 4.39 Å². The number of aryl methyl sites for hydroxylation is 1. The molecule has 0 aliphatic rings. The van der Waals surface area contributed by atoms with Crippen molar-refractivity contribution in [1.29, 1.82) is 0 Å². The Hall–Kier alpha value is -3.88. The maximum atomic E-state index is 14.5. The number of halogens is 1. The second-order valence-electron chi connectivity index (χ2n) is 10.9. The molecule has 0 saturated carbocycles. The number of benzene rings is 1. The summed E-state index contributed by atoms with van der Waals surface area (Å²) in [5, 5.41) is 22.3. The fourth-order valence-electron chi connectivity index (χ4n) is 4.56. The van der Waals surface area contributed by atoms with Crippen molar-refractivity contribution >= 4 is 27.5 Å². The Labute approximate surface area is 245 Å². The highest BCUT2D eigenvalue weighted by Gasteiger charge is 2.30. The predicted molar refractivity (Wildman–Crippen MR) is 156 cm³/mol. The lowest BCUT2D eigenvalue weighted by Gasteiger charge is -2.26. The number of thiophene rings is 1. The van der Waals surface area contributed by atoms with E-state index in [0.717, 1.165) is 15.9 Å². The van der Waals surface area contributed by atoms with E-state index >= 15 is 0 Å². The lowest BCUT2D eigenvalue weighted by molar-refractivity contribution is -0.124. The lowest BCUT2D eigenvalue weighted by atomic mass is 10.1. The molecule has 3 aromatic heterocycles. The number of carbonyl (C=O) groups excluding carboxylic acids is 1. The van der Waals surface area contributed by atoms with Crippen LogP contribution in [0.25, 0.3) is 15.2 Å². The summed E-state index contributed by atoms with van der Waals surface area (Å²) in [6.45, 7) is 9.50. The van der Waals surface area contributed by atoms with Crippen molar-refractivity contribution in [3.63, 3.8) is 0 Å². The van der Waals surface area contributed by atoms with Gasteiger partial charge in [-0.25, -0.2) is 13.8 Å². The molecule has 4 aromatic rings. The average molecular weight is 603 g/mol. The SMILES string of the molecule is COc1ccc(F)cc1[C@H](Cn1c(=O)n([C@H](C)C(=O)NC(C)C)c(=O)c2c(C)c(-n3nccn3)sc21)OCC(C)(C)O. The zero-order valence-electron chi connectivity index (χ0n) is 24.5. The van der Waals surface area contributed by atoms with E-state index in [1.54, 1.807) is 34.6 Å². The molecular formula is C28H35FN6O6S. The number of amides is 1. The molecule has 14 heteroatoms. The molecule has 0 bridgehead atoms. The molecule has 0 radical (unpaired) electrons. The molecule has 0 fully saturated rings. The van der Waals surface area contributed by atoms with E-state index in [1.807, 2.05) is 0 Å². The third-order valence-electron chi connectivity index (χ3n) is 6.54. The van der Waals surface area contributed by atoms with E-state index in [-0.39, 0.29) is 24.6 Å². The normalized spacial score (nSPS) is 13.5. The number of fused-ring (bicyclic) bond motifs is 1. The number of carbonyl (C=O) groups is 1. The molecule has 0 saturated heterocycles. The number of ether oxygens (including phenoxy) is 2. The summed E-state index contributed by atoms with van der Waals surface area (Å²) in [7, 11) is 1.43. The molecule has 42 heavy (non-hydrogen) atoms. The van der Waals surface area contributed by atoms with Gasteiger partial charge in [-0.15, -0.1) is 4.80 Å². The van der Waals surface area contributed by atoms with E-state index in [2.05, 4.69) is 15.5 Å². The van der Waals surface area contributed by atoms with Crippen molar-refractivity contribution in [2.75, 3.05) is 13.7 Å². The monoisotopic (exact) mass is 602 g/mol. The van der Waals surface area contributed by atoms with Gasteiger partial charge in [0.05, 0.1) is 43.6 Å². The summed E-state index contributed by atoms with van der Waals surface area (Å²) in [5.74, 6) is -0.745. The molecule has 0 spiro atoms. The maximum Gasteiger partial charge on any atom is 0.332 e. The average Bonchev–Trinajstić information content (AvgIpc) is 3.55. The number of aromatic nitrogens is 5. The van der Waals surface area contributed by atoms with Crippen LogP contribution >= 0.6 is 11.3 Å². The van der Waals surface area contributed by atoms with E-state index < -0.39 is 40.7 Å². The number of methoxy groups -OCH3 is 1. The first kappa shape index (κ1) is 31.1. The summed E-state index contributed by atoms with van der Waals surface area (Å²) in [6.07, 6.45) is 1.98.